The minimum absolute atomic E-state index is 0.159. The second-order valence-electron chi connectivity index (χ2n) is 4.87. The van der Waals surface area contributed by atoms with Gasteiger partial charge in [-0.15, -0.1) is 0 Å². The van der Waals surface area contributed by atoms with E-state index in [2.05, 4.69) is 20.8 Å². The molecule has 0 bridgehead atoms. The molecule has 0 radical (unpaired) electrons. The molecule has 3 heteroatoms. The standard InChI is InChI=1S/C15H32O3/c1-4-7-9-12-17-14(11-6-3)15(16)18-13-10-8-5-2/h14-16H,4-13H2,1-3H3. The van der Waals surface area contributed by atoms with Crippen LogP contribution in [0.25, 0.3) is 0 Å². The summed E-state index contributed by atoms with van der Waals surface area (Å²) in [7, 11) is 0. The molecule has 0 saturated heterocycles. The van der Waals surface area contributed by atoms with Gasteiger partial charge in [-0.25, -0.2) is 0 Å². The van der Waals surface area contributed by atoms with E-state index in [1.54, 1.807) is 0 Å². The first-order valence-electron chi connectivity index (χ1n) is 7.67. The maximum Gasteiger partial charge on any atom is 0.181 e. The molecule has 1 N–H and O–H groups in total. The van der Waals surface area contributed by atoms with Gasteiger partial charge in [0.2, 0.25) is 0 Å². The first kappa shape index (κ1) is 17.9. The molecule has 0 fully saturated rings. The lowest BCUT2D eigenvalue weighted by atomic mass is 10.2. The molecule has 3 nitrogen and oxygen atoms in total. The Morgan fingerprint density at radius 1 is 0.778 bits per heavy atom. The minimum Gasteiger partial charge on any atom is -0.373 e. The van der Waals surface area contributed by atoms with Crippen LogP contribution in [0.1, 0.15) is 72.1 Å². The molecule has 0 saturated carbocycles. The predicted octanol–water partition coefficient (Wildman–Crippen LogP) is 3.89. The van der Waals surface area contributed by atoms with Crippen LogP contribution in [0.3, 0.4) is 0 Å². The second-order valence-corrected chi connectivity index (χ2v) is 4.87. The third-order valence-electron chi connectivity index (χ3n) is 3.01. The summed E-state index contributed by atoms with van der Waals surface area (Å²) < 4.78 is 11.2. The number of hydrogen-bond donors (Lipinski definition) is 1. The van der Waals surface area contributed by atoms with Crippen LogP contribution >= 0.6 is 0 Å². The third-order valence-corrected chi connectivity index (χ3v) is 3.01. The Bertz CT molecular complexity index is 162. The SMILES string of the molecule is CCCCCOC(O)C(CCC)OCCCCC. The van der Waals surface area contributed by atoms with Gasteiger partial charge in [0.05, 0.1) is 0 Å². The molecule has 110 valence electrons. The van der Waals surface area contributed by atoms with Crippen molar-refractivity contribution in [2.75, 3.05) is 13.2 Å². The highest BCUT2D eigenvalue weighted by Gasteiger charge is 2.19. The van der Waals surface area contributed by atoms with Gasteiger partial charge in [-0.05, 0) is 19.3 Å². The van der Waals surface area contributed by atoms with Gasteiger partial charge in [0.1, 0.15) is 6.10 Å². The smallest absolute Gasteiger partial charge is 0.181 e. The molecular weight excluding hydrogens is 228 g/mol. The molecule has 0 rings (SSSR count). The van der Waals surface area contributed by atoms with Crippen LogP contribution in [0, 0.1) is 0 Å². The number of ether oxygens (including phenoxy) is 2. The van der Waals surface area contributed by atoms with Gasteiger partial charge in [0.15, 0.2) is 6.29 Å². The van der Waals surface area contributed by atoms with E-state index in [4.69, 9.17) is 9.47 Å². The van der Waals surface area contributed by atoms with E-state index in [0.29, 0.717) is 6.61 Å². The molecule has 0 heterocycles. The van der Waals surface area contributed by atoms with E-state index in [0.717, 1.165) is 38.7 Å². The quantitative estimate of drug-likeness (QED) is 0.403. The van der Waals surface area contributed by atoms with Crippen LogP contribution in [0.2, 0.25) is 0 Å². The molecule has 18 heavy (non-hydrogen) atoms. The van der Waals surface area contributed by atoms with Gasteiger partial charge in [-0.3, -0.25) is 0 Å². The minimum atomic E-state index is -0.761. The molecule has 0 spiro atoms. The number of hydrogen-bond acceptors (Lipinski definition) is 3. The van der Waals surface area contributed by atoms with Gasteiger partial charge in [0, 0.05) is 13.2 Å². The molecule has 2 unspecified atom stereocenters. The van der Waals surface area contributed by atoms with Crippen LogP contribution in [-0.4, -0.2) is 30.7 Å². The van der Waals surface area contributed by atoms with Crippen LogP contribution in [-0.2, 0) is 9.47 Å². The van der Waals surface area contributed by atoms with Crippen molar-refractivity contribution < 1.29 is 14.6 Å². The van der Waals surface area contributed by atoms with Crippen molar-refractivity contribution in [3.63, 3.8) is 0 Å². The Balaban J connectivity index is 3.75. The van der Waals surface area contributed by atoms with Crippen LogP contribution in [0.4, 0.5) is 0 Å². The van der Waals surface area contributed by atoms with Crippen molar-refractivity contribution in [3.8, 4) is 0 Å². The van der Waals surface area contributed by atoms with Crippen molar-refractivity contribution in [2.45, 2.75) is 84.5 Å². The number of unbranched alkanes of at least 4 members (excludes halogenated alkanes) is 4. The molecule has 0 aliphatic rings. The summed E-state index contributed by atoms with van der Waals surface area (Å²) in [6, 6.07) is 0. The lowest BCUT2D eigenvalue weighted by Crippen LogP contribution is -2.32. The highest BCUT2D eigenvalue weighted by Crippen LogP contribution is 2.11. The third kappa shape index (κ3) is 9.86. The Labute approximate surface area is 113 Å². The highest BCUT2D eigenvalue weighted by atomic mass is 16.6. The Morgan fingerprint density at radius 2 is 1.33 bits per heavy atom. The summed E-state index contributed by atoms with van der Waals surface area (Å²) in [5.74, 6) is 0. The van der Waals surface area contributed by atoms with E-state index in [1.807, 2.05) is 0 Å². The molecule has 0 aromatic heterocycles. The fourth-order valence-electron chi connectivity index (χ4n) is 1.84. The van der Waals surface area contributed by atoms with Gasteiger partial charge < -0.3 is 14.6 Å². The number of aliphatic hydroxyl groups is 1. The normalized spacial score (nSPS) is 14.7. The summed E-state index contributed by atoms with van der Waals surface area (Å²) in [5, 5.41) is 9.95. The average molecular weight is 260 g/mol. The maximum absolute atomic E-state index is 9.95. The number of aliphatic hydroxyl groups excluding tert-OH is 1. The van der Waals surface area contributed by atoms with Crippen LogP contribution in [0.15, 0.2) is 0 Å². The molecule has 0 aromatic carbocycles. The van der Waals surface area contributed by atoms with Gasteiger partial charge in [-0.2, -0.15) is 0 Å². The molecule has 0 aliphatic carbocycles. The largest absolute Gasteiger partial charge is 0.373 e. The Hall–Kier alpha value is -0.120. The van der Waals surface area contributed by atoms with E-state index in [1.165, 1.54) is 19.3 Å². The monoisotopic (exact) mass is 260 g/mol. The van der Waals surface area contributed by atoms with Crippen molar-refractivity contribution in [2.24, 2.45) is 0 Å². The fourth-order valence-corrected chi connectivity index (χ4v) is 1.84. The molecule has 2 atom stereocenters. The van der Waals surface area contributed by atoms with Crippen molar-refractivity contribution in [3.05, 3.63) is 0 Å². The summed E-state index contributed by atoms with van der Waals surface area (Å²) in [5.41, 5.74) is 0. The molecular formula is C15H32O3. The van der Waals surface area contributed by atoms with Gasteiger partial charge in [0.25, 0.3) is 0 Å². The average Bonchev–Trinajstić information content (AvgIpc) is 2.38. The summed E-state index contributed by atoms with van der Waals surface area (Å²) in [4.78, 5) is 0. The molecule has 0 aliphatic heterocycles. The lowest BCUT2D eigenvalue weighted by Gasteiger charge is -2.23. The Kier molecular flexibility index (Phi) is 13.2. The van der Waals surface area contributed by atoms with Crippen molar-refractivity contribution in [1.29, 1.82) is 0 Å². The summed E-state index contributed by atoms with van der Waals surface area (Å²) in [6.07, 6.45) is 7.74. The molecule has 0 amide bonds. The van der Waals surface area contributed by atoms with E-state index < -0.39 is 6.29 Å². The topological polar surface area (TPSA) is 38.7 Å². The van der Waals surface area contributed by atoms with Gasteiger partial charge in [-0.1, -0.05) is 52.9 Å². The van der Waals surface area contributed by atoms with Crippen LogP contribution < -0.4 is 0 Å². The lowest BCUT2D eigenvalue weighted by molar-refractivity contribution is -0.181. The second kappa shape index (κ2) is 13.3. The summed E-state index contributed by atoms with van der Waals surface area (Å²) in [6.45, 7) is 7.80. The Morgan fingerprint density at radius 3 is 1.83 bits per heavy atom. The zero-order valence-electron chi connectivity index (χ0n) is 12.5. The van der Waals surface area contributed by atoms with E-state index >= 15 is 0 Å². The van der Waals surface area contributed by atoms with E-state index in [-0.39, 0.29) is 6.10 Å². The van der Waals surface area contributed by atoms with E-state index in [9.17, 15) is 5.11 Å². The van der Waals surface area contributed by atoms with Crippen molar-refractivity contribution in [1.82, 2.24) is 0 Å². The highest BCUT2D eigenvalue weighted by molar-refractivity contribution is 4.61. The number of rotatable bonds is 13. The summed E-state index contributed by atoms with van der Waals surface area (Å²) >= 11 is 0. The maximum atomic E-state index is 9.95. The first-order valence-corrected chi connectivity index (χ1v) is 7.67. The first-order chi connectivity index (χ1) is 8.76. The van der Waals surface area contributed by atoms with Crippen LogP contribution in [0.5, 0.6) is 0 Å². The zero-order valence-corrected chi connectivity index (χ0v) is 12.5. The fraction of sp³-hybridized carbons (Fsp3) is 1.00. The van der Waals surface area contributed by atoms with Crippen molar-refractivity contribution >= 4 is 0 Å². The zero-order chi connectivity index (χ0) is 13.6. The predicted molar refractivity (Wildman–Crippen MR) is 75.7 cm³/mol. The molecule has 0 aromatic rings. The van der Waals surface area contributed by atoms with Gasteiger partial charge >= 0.3 is 0 Å².